The molecule has 2 aromatic heterocycles. The normalized spacial score (nSPS) is 13.7. The van der Waals surface area contributed by atoms with Crippen molar-refractivity contribution in [3.05, 3.63) is 75.8 Å². The van der Waals surface area contributed by atoms with Crippen LogP contribution in [-0.2, 0) is 6.42 Å². The molecule has 0 spiro atoms. The maximum absolute atomic E-state index is 15.0. The molecular weight excluding hydrogens is 451 g/mol. The number of nitrogens with one attached hydrogen (secondary N) is 2. The molecule has 0 bridgehead atoms. The number of carboxylic acids is 1. The van der Waals surface area contributed by atoms with Gasteiger partial charge >= 0.3 is 5.97 Å². The summed E-state index contributed by atoms with van der Waals surface area (Å²) in [7, 11) is 1.59. The van der Waals surface area contributed by atoms with Gasteiger partial charge in [-0.25, -0.2) is 18.8 Å². The predicted octanol–water partition coefficient (Wildman–Crippen LogP) is 2.36. The topological polar surface area (TPSA) is 126 Å². The van der Waals surface area contributed by atoms with Crippen molar-refractivity contribution in [2.75, 3.05) is 42.3 Å². The lowest BCUT2D eigenvalue weighted by Gasteiger charge is -2.42. The molecule has 0 amide bonds. The van der Waals surface area contributed by atoms with Gasteiger partial charge in [0.2, 0.25) is 5.43 Å². The fourth-order valence-corrected chi connectivity index (χ4v) is 4.42. The Kier molecular flexibility index (Phi) is 5.73. The standard InChI is InChI=1S/C25H25FN6O3/c1-28-32-13-19(25(34)35)23(33)18-8-15-9-20(26)22(10-21(15)30-24(18)32)31-11-17(12-31)29-16-4-2-14(3-5-16)6-7-27/h2-5,8-10,13,17,28-29H,6-7,11-12,27H2,1H3,(H,34,35). The largest absolute Gasteiger partial charge is 0.477 e. The Labute approximate surface area is 200 Å². The molecule has 3 heterocycles. The molecule has 5 N–H and O–H groups in total. The van der Waals surface area contributed by atoms with E-state index in [9.17, 15) is 14.7 Å². The summed E-state index contributed by atoms with van der Waals surface area (Å²) < 4.78 is 16.4. The zero-order valence-electron chi connectivity index (χ0n) is 19.1. The van der Waals surface area contributed by atoms with Crippen LogP contribution in [0.4, 0.5) is 15.8 Å². The third kappa shape index (κ3) is 4.12. The van der Waals surface area contributed by atoms with Crippen molar-refractivity contribution < 1.29 is 14.3 Å². The molecule has 0 aliphatic carbocycles. The number of benzene rings is 2. The number of carboxylic acid groups (broad SMARTS) is 1. The molecule has 180 valence electrons. The van der Waals surface area contributed by atoms with Gasteiger partial charge in [-0.05, 0) is 48.9 Å². The van der Waals surface area contributed by atoms with Crippen molar-refractivity contribution in [3.8, 4) is 0 Å². The molecule has 5 rings (SSSR count). The molecule has 0 atom stereocenters. The van der Waals surface area contributed by atoms with E-state index in [1.165, 1.54) is 28.6 Å². The first-order valence-electron chi connectivity index (χ1n) is 11.3. The number of fused-ring (bicyclic) bond motifs is 2. The second-order valence-electron chi connectivity index (χ2n) is 8.61. The van der Waals surface area contributed by atoms with Gasteiger partial charge < -0.3 is 26.5 Å². The molecule has 4 aromatic rings. The quantitative estimate of drug-likeness (QED) is 0.300. The smallest absolute Gasteiger partial charge is 0.341 e. The van der Waals surface area contributed by atoms with Crippen molar-refractivity contribution in [2.24, 2.45) is 5.73 Å². The van der Waals surface area contributed by atoms with Crippen molar-refractivity contribution in [1.82, 2.24) is 9.66 Å². The Balaban J connectivity index is 1.41. The highest BCUT2D eigenvalue weighted by Crippen LogP contribution is 2.30. The SMILES string of the molecule is CNn1cc(C(=O)O)c(=O)c2cc3cc(F)c(N4CC(Nc5ccc(CCN)cc5)C4)cc3nc21. The maximum Gasteiger partial charge on any atom is 0.341 e. The van der Waals surface area contributed by atoms with Crippen molar-refractivity contribution in [2.45, 2.75) is 12.5 Å². The second kappa shape index (κ2) is 8.88. The van der Waals surface area contributed by atoms with Crippen LogP contribution in [0.5, 0.6) is 0 Å². The molecule has 2 aromatic carbocycles. The third-order valence-corrected chi connectivity index (χ3v) is 6.29. The summed E-state index contributed by atoms with van der Waals surface area (Å²) in [5.74, 6) is -1.76. The molecule has 1 saturated heterocycles. The van der Waals surface area contributed by atoms with E-state index in [-0.39, 0.29) is 17.1 Å². The Morgan fingerprint density at radius 1 is 1.23 bits per heavy atom. The number of rotatable bonds is 7. The number of aromatic nitrogens is 2. The van der Waals surface area contributed by atoms with Gasteiger partial charge in [-0.3, -0.25) is 4.79 Å². The number of aromatic carboxylic acids is 1. The van der Waals surface area contributed by atoms with E-state index in [0.717, 1.165) is 12.1 Å². The molecular formula is C25H25FN6O3. The highest BCUT2D eigenvalue weighted by molar-refractivity contribution is 5.97. The van der Waals surface area contributed by atoms with Gasteiger partial charge in [0.15, 0.2) is 5.65 Å². The minimum absolute atomic E-state index is 0.101. The van der Waals surface area contributed by atoms with Crippen LogP contribution in [0, 0.1) is 5.82 Å². The Bertz CT molecular complexity index is 1500. The van der Waals surface area contributed by atoms with E-state index >= 15 is 4.39 Å². The second-order valence-corrected chi connectivity index (χ2v) is 8.61. The van der Waals surface area contributed by atoms with Gasteiger partial charge in [-0.2, -0.15) is 0 Å². The summed E-state index contributed by atoms with van der Waals surface area (Å²) >= 11 is 0. The molecule has 35 heavy (non-hydrogen) atoms. The summed E-state index contributed by atoms with van der Waals surface area (Å²) in [5.41, 5.74) is 10.8. The average Bonchev–Trinajstić information content (AvgIpc) is 2.81. The molecule has 9 nitrogen and oxygen atoms in total. The number of nitrogens with two attached hydrogens (primary N) is 1. The average molecular weight is 477 g/mol. The lowest BCUT2D eigenvalue weighted by molar-refractivity contribution is 0.0695. The van der Waals surface area contributed by atoms with Crippen LogP contribution in [0.1, 0.15) is 15.9 Å². The number of nitrogens with zero attached hydrogens (tertiary/aromatic N) is 3. The fraction of sp³-hybridized carbons (Fsp3) is 0.240. The first-order chi connectivity index (χ1) is 16.9. The van der Waals surface area contributed by atoms with Gasteiger partial charge in [0.1, 0.15) is 11.4 Å². The summed E-state index contributed by atoms with van der Waals surface area (Å²) in [6, 6.07) is 12.8. The zero-order valence-corrected chi connectivity index (χ0v) is 19.1. The van der Waals surface area contributed by atoms with E-state index in [1.807, 2.05) is 17.0 Å². The Hall–Kier alpha value is -4.18. The number of hydrogen-bond acceptors (Lipinski definition) is 7. The minimum Gasteiger partial charge on any atom is -0.477 e. The number of carbonyl (C=O) groups is 1. The first kappa shape index (κ1) is 22.6. The van der Waals surface area contributed by atoms with Crippen LogP contribution in [0.25, 0.3) is 21.9 Å². The number of pyridine rings is 2. The van der Waals surface area contributed by atoms with Crippen LogP contribution < -0.4 is 26.8 Å². The Morgan fingerprint density at radius 3 is 2.63 bits per heavy atom. The Morgan fingerprint density at radius 2 is 1.97 bits per heavy atom. The van der Waals surface area contributed by atoms with Crippen molar-refractivity contribution in [3.63, 3.8) is 0 Å². The lowest BCUT2D eigenvalue weighted by Crippen LogP contribution is -2.55. The summed E-state index contributed by atoms with van der Waals surface area (Å²) in [4.78, 5) is 30.6. The van der Waals surface area contributed by atoms with Crippen LogP contribution in [-0.4, -0.2) is 53.5 Å². The number of hydrogen-bond donors (Lipinski definition) is 4. The number of halogens is 1. The zero-order chi connectivity index (χ0) is 24.7. The molecule has 1 aliphatic heterocycles. The first-order valence-corrected chi connectivity index (χ1v) is 11.3. The van der Waals surface area contributed by atoms with E-state index in [4.69, 9.17) is 5.73 Å². The molecule has 0 radical (unpaired) electrons. The summed E-state index contributed by atoms with van der Waals surface area (Å²) in [6.07, 6.45) is 2.04. The van der Waals surface area contributed by atoms with E-state index in [1.54, 1.807) is 13.1 Å². The van der Waals surface area contributed by atoms with Gasteiger partial charge in [-0.15, -0.1) is 0 Å². The van der Waals surface area contributed by atoms with E-state index in [0.29, 0.717) is 36.2 Å². The summed E-state index contributed by atoms with van der Waals surface area (Å²) in [6.45, 7) is 1.87. The van der Waals surface area contributed by atoms with Gasteiger partial charge in [0.05, 0.1) is 22.6 Å². The van der Waals surface area contributed by atoms with E-state index < -0.39 is 22.8 Å². The maximum atomic E-state index is 15.0. The fourth-order valence-electron chi connectivity index (χ4n) is 4.42. The van der Waals surface area contributed by atoms with Gasteiger partial charge in [-0.1, -0.05) is 12.1 Å². The number of anilines is 2. The van der Waals surface area contributed by atoms with Crippen LogP contribution in [0.15, 0.2) is 53.5 Å². The summed E-state index contributed by atoms with van der Waals surface area (Å²) in [5, 5.41) is 13.3. The molecule has 1 fully saturated rings. The lowest BCUT2D eigenvalue weighted by atomic mass is 10.0. The van der Waals surface area contributed by atoms with Crippen molar-refractivity contribution in [1.29, 1.82) is 0 Å². The van der Waals surface area contributed by atoms with Crippen molar-refractivity contribution >= 4 is 39.3 Å². The monoisotopic (exact) mass is 476 g/mol. The van der Waals surface area contributed by atoms with Crippen LogP contribution in [0.3, 0.4) is 0 Å². The molecule has 0 saturated carbocycles. The third-order valence-electron chi connectivity index (χ3n) is 6.29. The van der Waals surface area contributed by atoms with Crippen LogP contribution >= 0.6 is 0 Å². The highest BCUT2D eigenvalue weighted by atomic mass is 19.1. The van der Waals surface area contributed by atoms with Crippen LogP contribution in [0.2, 0.25) is 0 Å². The molecule has 10 heteroatoms. The van der Waals surface area contributed by atoms with Gasteiger partial charge in [0, 0.05) is 37.4 Å². The van der Waals surface area contributed by atoms with Gasteiger partial charge in [0.25, 0.3) is 0 Å². The minimum atomic E-state index is -1.34. The highest BCUT2D eigenvalue weighted by Gasteiger charge is 2.29. The molecule has 1 aliphatic rings. The molecule has 0 unspecified atom stereocenters. The van der Waals surface area contributed by atoms with E-state index in [2.05, 4.69) is 27.9 Å². The predicted molar refractivity (Wildman–Crippen MR) is 135 cm³/mol.